The van der Waals surface area contributed by atoms with Crippen LogP contribution in [0, 0.1) is 0 Å². The molecule has 0 aliphatic carbocycles. The van der Waals surface area contributed by atoms with Crippen molar-refractivity contribution in [2.24, 2.45) is 7.05 Å². The SMILES string of the molecule is C[C@@H](c1nc2cccc(-c3cnn(C)c3)c2c(=O)n1-c1ccccc1)N(C(=O)O)C(C)(C)C. The third-order valence-electron chi connectivity index (χ3n) is 5.64. The summed E-state index contributed by atoms with van der Waals surface area (Å²) in [7, 11) is 1.82. The number of hydrogen-bond donors (Lipinski definition) is 1. The molecule has 0 saturated carbocycles. The lowest BCUT2D eigenvalue weighted by Gasteiger charge is -2.38. The van der Waals surface area contributed by atoms with Crippen LogP contribution in [0.2, 0.25) is 0 Å². The van der Waals surface area contributed by atoms with Gasteiger partial charge in [0.1, 0.15) is 5.82 Å². The number of carbonyl (C=O) groups is 1. The molecule has 2 aromatic carbocycles. The van der Waals surface area contributed by atoms with Crippen LogP contribution in [0.15, 0.2) is 65.7 Å². The third-order valence-corrected chi connectivity index (χ3v) is 5.64. The number of nitrogens with zero attached hydrogens (tertiary/aromatic N) is 5. The lowest BCUT2D eigenvalue weighted by molar-refractivity contribution is 0.0719. The van der Waals surface area contributed by atoms with Gasteiger partial charge in [0.15, 0.2) is 0 Å². The molecule has 33 heavy (non-hydrogen) atoms. The van der Waals surface area contributed by atoms with Gasteiger partial charge in [-0.05, 0) is 51.5 Å². The first-order valence-corrected chi connectivity index (χ1v) is 10.7. The zero-order chi connectivity index (χ0) is 23.9. The molecule has 0 unspecified atom stereocenters. The van der Waals surface area contributed by atoms with Crippen LogP contribution in [0.4, 0.5) is 4.79 Å². The van der Waals surface area contributed by atoms with Crippen molar-refractivity contribution in [1.29, 1.82) is 0 Å². The highest BCUT2D eigenvalue weighted by Crippen LogP contribution is 2.31. The molecule has 8 heteroatoms. The van der Waals surface area contributed by atoms with E-state index in [2.05, 4.69) is 5.10 Å². The molecular formula is C25H27N5O3. The smallest absolute Gasteiger partial charge is 0.408 e. The molecule has 1 atom stereocenters. The molecule has 1 amide bonds. The van der Waals surface area contributed by atoms with Gasteiger partial charge in [-0.3, -0.25) is 18.9 Å². The second-order valence-corrected chi connectivity index (χ2v) is 9.05. The average Bonchev–Trinajstić information content (AvgIpc) is 3.18. The predicted molar refractivity (Wildman–Crippen MR) is 128 cm³/mol. The van der Waals surface area contributed by atoms with Crippen LogP contribution < -0.4 is 5.56 Å². The predicted octanol–water partition coefficient (Wildman–Crippen LogP) is 4.63. The van der Waals surface area contributed by atoms with E-state index >= 15 is 0 Å². The minimum Gasteiger partial charge on any atom is -0.465 e. The molecule has 1 N–H and O–H groups in total. The van der Waals surface area contributed by atoms with E-state index in [1.807, 2.05) is 76.5 Å². The molecule has 8 nitrogen and oxygen atoms in total. The molecule has 0 bridgehead atoms. The maximum absolute atomic E-state index is 14.0. The van der Waals surface area contributed by atoms with Crippen LogP contribution in [-0.4, -0.2) is 41.0 Å². The molecule has 170 valence electrons. The Morgan fingerprint density at radius 2 is 1.79 bits per heavy atom. The molecule has 4 rings (SSSR count). The number of aromatic nitrogens is 4. The summed E-state index contributed by atoms with van der Waals surface area (Å²) in [6.07, 6.45) is 2.49. The zero-order valence-electron chi connectivity index (χ0n) is 19.4. The molecule has 0 fully saturated rings. The van der Waals surface area contributed by atoms with Crippen molar-refractivity contribution >= 4 is 17.0 Å². The Kier molecular flexibility index (Phi) is 5.53. The fraction of sp³-hybridized carbons (Fsp3) is 0.280. The number of hydrogen-bond acceptors (Lipinski definition) is 4. The standard InChI is InChI=1S/C25H27N5O3/c1-16(30(24(32)33)25(2,3)4)22-27-20-13-9-12-19(17-14-26-28(5)15-17)21(20)23(31)29(22)18-10-7-6-8-11-18/h6-16H,1-5H3,(H,32,33)/t16-/m0/s1. The highest BCUT2D eigenvalue weighted by Gasteiger charge is 2.34. The maximum atomic E-state index is 14.0. The van der Waals surface area contributed by atoms with Gasteiger partial charge in [0.05, 0.1) is 28.8 Å². The summed E-state index contributed by atoms with van der Waals surface area (Å²) >= 11 is 0. The molecule has 0 aliphatic rings. The number of fused-ring (bicyclic) bond motifs is 1. The van der Waals surface area contributed by atoms with Gasteiger partial charge in [-0.25, -0.2) is 9.78 Å². The fourth-order valence-corrected chi connectivity index (χ4v) is 4.30. The lowest BCUT2D eigenvalue weighted by Crippen LogP contribution is -2.47. The molecule has 2 heterocycles. The molecule has 0 aliphatic heterocycles. The van der Waals surface area contributed by atoms with Gasteiger partial charge >= 0.3 is 6.09 Å². The van der Waals surface area contributed by atoms with Gasteiger partial charge in [-0.1, -0.05) is 30.3 Å². The van der Waals surface area contributed by atoms with E-state index < -0.39 is 17.7 Å². The summed E-state index contributed by atoms with van der Waals surface area (Å²) in [6, 6.07) is 14.0. The Bertz CT molecular complexity index is 1380. The van der Waals surface area contributed by atoms with E-state index in [1.54, 1.807) is 23.9 Å². The van der Waals surface area contributed by atoms with Crippen molar-refractivity contribution in [1.82, 2.24) is 24.2 Å². The monoisotopic (exact) mass is 445 g/mol. The first kappa shape index (κ1) is 22.3. The van der Waals surface area contributed by atoms with E-state index in [1.165, 1.54) is 9.47 Å². The lowest BCUT2D eigenvalue weighted by atomic mass is 10.0. The summed E-state index contributed by atoms with van der Waals surface area (Å²) in [4.78, 5) is 32.4. The zero-order valence-corrected chi connectivity index (χ0v) is 19.4. The number of amides is 1. The summed E-state index contributed by atoms with van der Waals surface area (Å²) in [5, 5.41) is 14.7. The third kappa shape index (κ3) is 4.00. The Hall–Kier alpha value is -3.94. The Morgan fingerprint density at radius 3 is 2.36 bits per heavy atom. The van der Waals surface area contributed by atoms with Gasteiger partial charge in [0, 0.05) is 24.3 Å². The van der Waals surface area contributed by atoms with E-state index in [-0.39, 0.29) is 5.56 Å². The highest BCUT2D eigenvalue weighted by atomic mass is 16.4. The van der Waals surface area contributed by atoms with Crippen molar-refractivity contribution in [3.63, 3.8) is 0 Å². The first-order chi connectivity index (χ1) is 15.6. The molecule has 4 aromatic rings. The van der Waals surface area contributed by atoms with Crippen LogP contribution in [0.1, 0.15) is 39.6 Å². The van der Waals surface area contributed by atoms with Crippen molar-refractivity contribution in [2.45, 2.75) is 39.3 Å². The summed E-state index contributed by atoms with van der Waals surface area (Å²) in [6.45, 7) is 7.23. The minimum absolute atomic E-state index is 0.258. The molecular weight excluding hydrogens is 418 g/mol. The largest absolute Gasteiger partial charge is 0.465 e. The minimum atomic E-state index is -1.08. The fourth-order valence-electron chi connectivity index (χ4n) is 4.30. The quantitative estimate of drug-likeness (QED) is 0.494. The van der Waals surface area contributed by atoms with Crippen LogP contribution in [-0.2, 0) is 7.05 Å². The van der Waals surface area contributed by atoms with Crippen LogP contribution >= 0.6 is 0 Å². The molecule has 0 saturated heterocycles. The van der Waals surface area contributed by atoms with Crippen molar-refractivity contribution in [3.8, 4) is 16.8 Å². The molecule has 0 spiro atoms. The van der Waals surface area contributed by atoms with Gasteiger partial charge in [-0.15, -0.1) is 0 Å². The van der Waals surface area contributed by atoms with Crippen LogP contribution in [0.3, 0.4) is 0 Å². The Labute approximate surface area is 191 Å². The van der Waals surface area contributed by atoms with E-state index in [0.717, 1.165) is 11.1 Å². The summed E-state index contributed by atoms with van der Waals surface area (Å²) in [5.74, 6) is 0.361. The molecule has 2 aromatic heterocycles. The van der Waals surface area contributed by atoms with Gasteiger partial charge < -0.3 is 5.11 Å². The number of benzene rings is 2. The summed E-state index contributed by atoms with van der Waals surface area (Å²) < 4.78 is 3.20. The molecule has 0 radical (unpaired) electrons. The normalized spacial score (nSPS) is 12.6. The number of para-hydroxylation sites is 1. The number of rotatable bonds is 4. The van der Waals surface area contributed by atoms with Crippen LogP contribution in [0.25, 0.3) is 27.7 Å². The van der Waals surface area contributed by atoms with Crippen molar-refractivity contribution in [3.05, 3.63) is 77.1 Å². The van der Waals surface area contributed by atoms with E-state index in [9.17, 15) is 14.7 Å². The van der Waals surface area contributed by atoms with Gasteiger partial charge in [-0.2, -0.15) is 5.10 Å². The van der Waals surface area contributed by atoms with Gasteiger partial charge in [0.2, 0.25) is 0 Å². The first-order valence-electron chi connectivity index (χ1n) is 10.7. The summed E-state index contributed by atoms with van der Waals surface area (Å²) in [5.41, 5.74) is 1.72. The topological polar surface area (TPSA) is 93.3 Å². The highest BCUT2D eigenvalue weighted by molar-refractivity contribution is 5.94. The van der Waals surface area contributed by atoms with Gasteiger partial charge in [0.25, 0.3) is 5.56 Å². The number of carboxylic acid groups (broad SMARTS) is 1. The van der Waals surface area contributed by atoms with Crippen LogP contribution in [0.5, 0.6) is 0 Å². The van der Waals surface area contributed by atoms with Crippen molar-refractivity contribution in [2.75, 3.05) is 0 Å². The van der Waals surface area contributed by atoms with E-state index in [4.69, 9.17) is 4.98 Å². The number of aryl methyl sites for hydroxylation is 1. The average molecular weight is 446 g/mol. The van der Waals surface area contributed by atoms with E-state index in [0.29, 0.717) is 22.4 Å². The second-order valence-electron chi connectivity index (χ2n) is 9.05. The second kappa shape index (κ2) is 8.20. The maximum Gasteiger partial charge on any atom is 0.408 e. The Balaban J connectivity index is 2.08. The van der Waals surface area contributed by atoms with Crippen molar-refractivity contribution < 1.29 is 9.90 Å². The Morgan fingerprint density at radius 1 is 1.09 bits per heavy atom.